The minimum absolute atomic E-state index is 0.468. The zero-order valence-corrected chi connectivity index (χ0v) is 15.5. The summed E-state index contributed by atoms with van der Waals surface area (Å²) in [5, 5.41) is 6.05. The van der Waals surface area contributed by atoms with Crippen LogP contribution in [0, 0.1) is 0 Å². The van der Waals surface area contributed by atoms with Crippen molar-refractivity contribution in [1.82, 2.24) is 10.1 Å². The van der Waals surface area contributed by atoms with Gasteiger partial charge < -0.3 is 9.26 Å². The number of halogens is 1. The van der Waals surface area contributed by atoms with E-state index in [1.54, 1.807) is 11.3 Å². The third-order valence-electron chi connectivity index (χ3n) is 3.54. The van der Waals surface area contributed by atoms with Crippen molar-refractivity contribution < 1.29 is 9.26 Å². The Bertz CT molecular complexity index is 983. The van der Waals surface area contributed by atoms with Crippen LogP contribution in [0.1, 0.15) is 5.56 Å². The Labute approximate surface area is 157 Å². The van der Waals surface area contributed by atoms with Crippen molar-refractivity contribution >= 4 is 27.3 Å². The van der Waals surface area contributed by atoms with E-state index in [4.69, 9.17) is 9.26 Å². The summed E-state index contributed by atoms with van der Waals surface area (Å²) in [6, 6.07) is 19.7. The minimum atomic E-state index is 0.468. The van der Waals surface area contributed by atoms with Crippen LogP contribution in [0.4, 0.5) is 0 Å². The standard InChI is InChI=1S/C19H13BrN2O2S/c20-15-6-2-7-16(11-15)23-12-13-4-1-5-14(10-13)19-21-18(22-24-19)17-8-3-9-25-17/h1-11H,12H2. The lowest BCUT2D eigenvalue weighted by Gasteiger charge is -2.07. The highest BCUT2D eigenvalue weighted by Gasteiger charge is 2.11. The van der Waals surface area contributed by atoms with E-state index >= 15 is 0 Å². The van der Waals surface area contributed by atoms with Crippen molar-refractivity contribution in [2.75, 3.05) is 0 Å². The lowest BCUT2D eigenvalue weighted by atomic mass is 10.1. The van der Waals surface area contributed by atoms with Crippen molar-refractivity contribution in [3.05, 3.63) is 76.1 Å². The number of benzene rings is 2. The number of nitrogens with zero attached hydrogens (tertiary/aromatic N) is 2. The topological polar surface area (TPSA) is 48.2 Å². The average Bonchev–Trinajstić information content (AvgIpc) is 3.31. The van der Waals surface area contributed by atoms with E-state index in [0.29, 0.717) is 18.3 Å². The Hall–Kier alpha value is -2.44. The van der Waals surface area contributed by atoms with Crippen LogP contribution >= 0.6 is 27.3 Å². The Kier molecular flexibility index (Phi) is 4.63. The number of rotatable bonds is 5. The molecule has 2 heterocycles. The molecule has 0 aliphatic rings. The Morgan fingerprint density at radius 3 is 2.80 bits per heavy atom. The highest BCUT2D eigenvalue weighted by molar-refractivity contribution is 9.10. The van der Waals surface area contributed by atoms with Gasteiger partial charge in [-0.15, -0.1) is 11.3 Å². The largest absolute Gasteiger partial charge is 0.489 e. The van der Waals surface area contributed by atoms with E-state index in [-0.39, 0.29) is 0 Å². The van der Waals surface area contributed by atoms with Gasteiger partial charge in [0.25, 0.3) is 5.89 Å². The van der Waals surface area contributed by atoms with Crippen LogP contribution in [0.5, 0.6) is 5.75 Å². The summed E-state index contributed by atoms with van der Waals surface area (Å²) in [7, 11) is 0. The summed E-state index contributed by atoms with van der Waals surface area (Å²) >= 11 is 5.03. The first-order valence-electron chi connectivity index (χ1n) is 7.63. The molecule has 124 valence electrons. The summed E-state index contributed by atoms with van der Waals surface area (Å²) in [6.45, 7) is 0.468. The van der Waals surface area contributed by atoms with Gasteiger partial charge in [0.05, 0.1) is 4.88 Å². The van der Waals surface area contributed by atoms with Crippen LogP contribution < -0.4 is 4.74 Å². The second kappa shape index (κ2) is 7.21. The smallest absolute Gasteiger partial charge is 0.258 e. The van der Waals surface area contributed by atoms with Crippen molar-refractivity contribution in [2.45, 2.75) is 6.61 Å². The molecule has 0 aliphatic heterocycles. The summed E-state index contributed by atoms with van der Waals surface area (Å²) < 4.78 is 12.2. The molecule has 0 saturated carbocycles. The number of hydrogen-bond donors (Lipinski definition) is 0. The summed E-state index contributed by atoms with van der Waals surface area (Å²) in [6.07, 6.45) is 0. The van der Waals surface area contributed by atoms with Crippen molar-refractivity contribution in [2.24, 2.45) is 0 Å². The maximum absolute atomic E-state index is 5.83. The first-order chi connectivity index (χ1) is 12.3. The molecule has 0 amide bonds. The van der Waals surface area contributed by atoms with E-state index in [0.717, 1.165) is 26.2 Å². The van der Waals surface area contributed by atoms with Gasteiger partial charge in [-0.05, 0) is 47.3 Å². The van der Waals surface area contributed by atoms with Gasteiger partial charge in [0, 0.05) is 10.0 Å². The van der Waals surface area contributed by atoms with E-state index < -0.39 is 0 Å². The van der Waals surface area contributed by atoms with E-state index in [1.165, 1.54) is 0 Å². The molecule has 4 nitrogen and oxygen atoms in total. The second-order valence-corrected chi connectivity index (χ2v) is 7.21. The first kappa shape index (κ1) is 16.1. The van der Waals surface area contributed by atoms with Crippen LogP contribution in [0.3, 0.4) is 0 Å². The first-order valence-corrected chi connectivity index (χ1v) is 9.30. The molecule has 4 aromatic rings. The molecule has 6 heteroatoms. The third kappa shape index (κ3) is 3.81. The fraction of sp³-hybridized carbons (Fsp3) is 0.0526. The number of aromatic nitrogens is 2. The monoisotopic (exact) mass is 412 g/mol. The zero-order valence-electron chi connectivity index (χ0n) is 13.1. The van der Waals surface area contributed by atoms with Crippen molar-refractivity contribution in [3.63, 3.8) is 0 Å². The van der Waals surface area contributed by atoms with Gasteiger partial charge >= 0.3 is 0 Å². The molecule has 2 aromatic carbocycles. The van der Waals surface area contributed by atoms with Gasteiger partial charge in [-0.25, -0.2) is 0 Å². The quantitative estimate of drug-likeness (QED) is 0.415. The molecular weight excluding hydrogens is 400 g/mol. The van der Waals surface area contributed by atoms with E-state index in [1.807, 2.05) is 66.0 Å². The number of ether oxygens (including phenoxy) is 1. The van der Waals surface area contributed by atoms with E-state index in [9.17, 15) is 0 Å². The number of hydrogen-bond acceptors (Lipinski definition) is 5. The zero-order chi connectivity index (χ0) is 17.1. The molecular formula is C19H13BrN2O2S. The molecule has 0 aliphatic carbocycles. The summed E-state index contributed by atoms with van der Waals surface area (Å²) in [4.78, 5) is 5.47. The molecule has 2 aromatic heterocycles. The third-order valence-corrected chi connectivity index (χ3v) is 4.90. The van der Waals surface area contributed by atoms with Crippen molar-refractivity contribution in [1.29, 1.82) is 0 Å². The molecule has 0 saturated heterocycles. The molecule has 0 fully saturated rings. The maximum Gasteiger partial charge on any atom is 0.258 e. The normalized spacial score (nSPS) is 10.8. The fourth-order valence-electron chi connectivity index (χ4n) is 2.36. The lowest BCUT2D eigenvalue weighted by Crippen LogP contribution is -1.95. The van der Waals surface area contributed by atoms with Gasteiger partial charge in [-0.3, -0.25) is 0 Å². The highest BCUT2D eigenvalue weighted by atomic mass is 79.9. The van der Waals surface area contributed by atoms with Gasteiger partial charge in [0.1, 0.15) is 12.4 Å². The highest BCUT2D eigenvalue weighted by Crippen LogP contribution is 2.26. The predicted octanol–water partition coefficient (Wildman–Crippen LogP) is 5.81. The molecule has 0 spiro atoms. The van der Waals surface area contributed by atoms with Gasteiger partial charge in [0.15, 0.2) is 0 Å². The molecule has 0 bridgehead atoms. The van der Waals surface area contributed by atoms with E-state index in [2.05, 4.69) is 26.1 Å². The SMILES string of the molecule is Brc1cccc(OCc2cccc(-c3nc(-c4cccs4)no3)c2)c1. The van der Waals surface area contributed by atoms with Gasteiger partial charge in [-0.1, -0.05) is 45.4 Å². The van der Waals surface area contributed by atoms with Crippen LogP contribution in [0.15, 0.2) is 75.0 Å². The fourth-order valence-corrected chi connectivity index (χ4v) is 3.39. The van der Waals surface area contributed by atoms with Crippen LogP contribution in [0.25, 0.3) is 22.2 Å². The van der Waals surface area contributed by atoms with Crippen molar-refractivity contribution in [3.8, 4) is 27.9 Å². The minimum Gasteiger partial charge on any atom is -0.489 e. The van der Waals surface area contributed by atoms with Crippen LogP contribution in [-0.2, 0) is 6.61 Å². The summed E-state index contributed by atoms with van der Waals surface area (Å²) in [5.41, 5.74) is 1.92. The Balaban J connectivity index is 1.51. The number of thiophene rings is 1. The lowest BCUT2D eigenvalue weighted by molar-refractivity contribution is 0.306. The average molecular weight is 413 g/mol. The van der Waals surface area contributed by atoms with Gasteiger partial charge in [0.2, 0.25) is 5.82 Å². The molecule has 0 unspecified atom stereocenters. The molecule has 4 rings (SSSR count). The van der Waals surface area contributed by atoms with Crippen LogP contribution in [-0.4, -0.2) is 10.1 Å². The maximum atomic E-state index is 5.83. The molecule has 0 atom stereocenters. The Morgan fingerprint density at radius 2 is 1.96 bits per heavy atom. The molecule has 0 N–H and O–H groups in total. The second-order valence-electron chi connectivity index (χ2n) is 5.35. The molecule has 25 heavy (non-hydrogen) atoms. The van der Waals surface area contributed by atoms with Gasteiger partial charge in [-0.2, -0.15) is 4.98 Å². The predicted molar refractivity (Wildman–Crippen MR) is 102 cm³/mol. The summed E-state index contributed by atoms with van der Waals surface area (Å²) in [5.74, 6) is 1.94. The Morgan fingerprint density at radius 1 is 1.04 bits per heavy atom. The molecule has 0 radical (unpaired) electrons. The van der Waals surface area contributed by atoms with Crippen LogP contribution in [0.2, 0.25) is 0 Å².